The minimum atomic E-state index is -0.463. The SMILES string of the molecule is CC.CC.N#Cc1cc(F)cc(C2CCC(O)C(N)C2)c1. The Bertz CT molecular complexity index is 457. The lowest BCUT2D eigenvalue weighted by Gasteiger charge is -2.31. The van der Waals surface area contributed by atoms with Gasteiger partial charge in [-0.3, -0.25) is 0 Å². The number of hydrogen-bond donors (Lipinski definition) is 2. The Labute approximate surface area is 127 Å². The third-order valence-electron chi connectivity index (χ3n) is 3.38. The number of nitriles is 1. The van der Waals surface area contributed by atoms with Crippen molar-refractivity contribution in [2.45, 2.75) is 65.0 Å². The predicted molar refractivity (Wildman–Crippen MR) is 84.4 cm³/mol. The second-order valence-corrected chi connectivity index (χ2v) is 4.63. The van der Waals surface area contributed by atoms with Gasteiger partial charge in [-0.05, 0) is 48.9 Å². The first-order valence-corrected chi connectivity index (χ1v) is 7.74. The molecule has 0 heterocycles. The molecule has 4 heteroatoms. The van der Waals surface area contributed by atoms with Crippen LogP contribution in [-0.2, 0) is 0 Å². The van der Waals surface area contributed by atoms with Crippen molar-refractivity contribution < 1.29 is 9.50 Å². The molecule has 21 heavy (non-hydrogen) atoms. The average Bonchev–Trinajstić information content (AvgIpc) is 2.53. The van der Waals surface area contributed by atoms with Crippen LogP contribution in [0.5, 0.6) is 0 Å². The summed E-state index contributed by atoms with van der Waals surface area (Å²) in [7, 11) is 0. The molecule has 0 radical (unpaired) electrons. The Morgan fingerprint density at radius 2 is 1.81 bits per heavy atom. The van der Waals surface area contributed by atoms with Crippen LogP contribution in [0.4, 0.5) is 4.39 Å². The third kappa shape index (κ3) is 5.82. The third-order valence-corrected chi connectivity index (χ3v) is 3.38. The van der Waals surface area contributed by atoms with Crippen LogP contribution in [0.25, 0.3) is 0 Å². The van der Waals surface area contributed by atoms with Gasteiger partial charge in [-0.25, -0.2) is 4.39 Å². The summed E-state index contributed by atoms with van der Waals surface area (Å²) in [6.45, 7) is 8.00. The van der Waals surface area contributed by atoms with Crippen molar-refractivity contribution in [1.82, 2.24) is 0 Å². The van der Waals surface area contributed by atoms with Crippen LogP contribution < -0.4 is 5.73 Å². The van der Waals surface area contributed by atoms with E-state index in [9.17, 15) is 9.50 Å². The molecule has 0 amide bonds. The second-order valence-electron chi connectivity index (χ2n) is 4.63. The number of aliphatic hydroxyl groups excluding tert-OH is 1. The molecule has 2 rings (SSSR count). The smallest absolute Gasteiger partial charge is 0.124 e. The Morgan fingerprint density at radius 1 is 1.19 bits per heavy atom. The van der Waals surface area contributed by atoms with Crippen LogP contribution in [0.3, 0.4) is 0 Å². The van der Waals surface area contributed by atoms with Gasteiger partial charge in [-0.1, -0.05) is 27.7 Å². The summed E-state index contributed by atoms with van der Waals surface area (Å²) >= 11 is 0. The lowest BCUT2D eigenvalue weighted by molar-refractivity contribution is 0.100. The van der Waals surface area contributed by atoms with Crippen molar-refractivity contribution in [3.63, 3.8) is 0 Å². The van der Waals surface area contributed by atoms with Gasteiger partial charge < -0.3 is 10.8 Å². The monoisotopic (exact) mass is 294 g/mol. The highest BCUT2D eigenvalue weighted by Crippen LogP contribution is 2.33. The molecule has 3 atom stereocenters. The Kier molecular flexibility index (Phi) is 9.60. The lowest BCUT2D eigenvalue weighted by atomic mass is 9.80. The van der Waals surface area contributed by atoms with Gasteiger partial charge in [0.05, 0.1) is 17.7 Å². The van der Waals surface area contributed by atoms with Crippen LogP contribution in [0.15, 0.2) is 18.2 Å². The van der Waals surface area contributed by atoms with E-state index in [0.717, 1.165) is 12.0 Å². The molecule has 1 aromatic carbocycles. The van der Waals surface area contributed by atoms with Gasteiger partial charge in [-0.2, -0.15) is 5.26 Å². The zero-order chi connectivity index (χ0) is 16.4. The molecule has 0 aliphatic heterocycles. The number of rotatable bonds is 1. The van der Waals surface area contributed by atoms with E-state index < -0.39 is 11.9 Å². The van der Waals surface area contributed by atoms with Gasteiger partial charge in [0.15, 0.2) is 0 Å². The van der Waals surface area contributed by atoms with Crippen LogP contribution in [0.1, 0.15) is 64.0 Å². The summed E-state index contributed by atoms with van der Waals surface area (Å²) in [6, 6.07) is 6.07. The average molecular weight is 294 g/mol. The van der Waals surface area contributed by atoms with Gasteiger partial charge in [0, 0.05) is 6.04 Å². The molecule has 3 N–H and O–H groups in total. The van der Waals surface area contributed by atoms with Gasteiger partial charge >= 0.3 is 0 Å². The first kappa shape index (κ1) is 19.6. The van der Waals surface area contributed by atoms with Gasteiger partial charge in [0.2, 0.25) is 0 Å². The fourth-order valence-electron chi connectivity index (χ4n) is 2.40. The normalized spacial score (nSPS) is 23.8. The molecular weight excluding hydrogens is 267 g/mol. The molecule has 1 fully saturated rings. The highest BCUT2D eigenvalue weighted by Gasteiger charge is 2.27. The molecule has 0 bridgehead atoms. The van der Waals surface area contributed by atoms with Crippen molar-refractivity contribution in [3.05, 3.63) is 35.1 Å². The summed E-state index contributed by atoms with van der Waals surface area (Å²) < 4.78 is 13.3. The highest BCUT2D eigenvalue weighted by atomic mass is 19.1. The zero-order valence-corrected chi connectivity index (χ0v) is 13.4. The molecule has 1 aliphatic rings. The van der Waals surface area contributed by atoms with E-state index in [-0.39, 0.29) is 12.0 Å². The van der Waals surface area contributed by atoms with Crippen molar-refractivity contribution in [2.75, 3.05) is 0 Å². The fraction of sp³-hybridized carbons (Fsp3) is 0.588. The molecule has 1 aliphatic carbocycles. The number of hydrogen-bond acceptors (Lipinski definition) is 3. The fourth-order valence-corrected chi connectivity index (χ4v) is 2.40. The van der Waals surface area contributed by atoms with E-state index in [1.165, 1.54) is 12.1 Å². The summed E-state index contributed by atoms with van der Waals surface area (Å²) in [6.07, 6.45) is 1.58. The van der Waals surface area contributed by atoms with Crippen LogP contribution in [-0.4, -0.2) is 17.3 Å². The minimum absolute atomic E-state index is 0.135. The molecule has 0 saturated heterocycles. The molecular formula is C17H27FN2O. The standard InChI is InChI=1S/C13H15FN2O.2C2H6/c14-11-4-8(7-15)3-10(5-11)9-1-2-13(17)12(16)6-9;2*1-2/h3-5,9,12-13,17H,1-2,6,16H2;2*1-2H3. The number of aliphatic hydroxyl groups is 1. The number of benzene rings is 1. The largest absolute Gasteiger partial charge is 0.392 e. The van der Waals surface area contributed by atoms with Crippen molar-refractivity contribution >= 4 is 0 Å². The number of nitrogens with zero attached hydrogens (tertiary/aromatic N) is 1. The van der Waals surface area contributed by atoms with Crippen molar-refractivity contribution in [3.8, 4) is 6.07 Å². The molecule has 0 aromatic heterocycles. The predicted octanol–water partition coefficient (Wildman–Crippen LogP) is 3.71. The van der Waals surface area contributed by atoms with E-state index in [1.54, 1.807) is 6.07 Å². The summed E-state index contributed by atoms with van der Waals surface area (Å²) in [5.41, 5.74) is 6.95. The lowest BCUT2D eigenvalue weighted by Crippen LogP contribution is -2.39. The van der Waals surface area contributed by atoms with E-state index in [0.29, 0.717) is 18.4 Å². The molecule has 1 aromatic rings. The quantitative estimate of drug-likeness (QED) is 0.829. The van der Waals surface area contributed by atoms with E-state index in [1.807, 2.05) is 33.8 Å². The maximum atomic E-state index is 13.3. The maximum absolute atomic E-state index is 13.3. The van der Waals surface area contributed by atoms with Crippen LogP contribution >= 0.6 is 0 Å². The first-order chi connectivity index (χ1) is 10.1. The van der Waals surface area contributed by atoms with E-state index >= 15 is 0 Å². The summed E-state index contributed by atoms with van der Waals surface area (Å²) in [4.78, 5) is 0. The molecule has 3 nitrogen and oxygen atoms in total. The molecule has 3 unspecified atom stereocenters. The maximum Gasteiger partial charge on any atom is 0.124 e. The zero-order valence-electron chi connectivity index (χ0n) is 13.4. The summed E-state index contributed by atoms with van der Waals surface area (Å²) in [5, 5.41) is 18.3. The Balaban J connectivity index is 0.000000921. The van der Waals surface area contributed by atoms with Crippen molar-refractivity contribution in [2.24, 2.45) is 5.73 Å². The molecule has 0 spiro atoms. The van der Waals surface area contributed by atoms with Crippen LogP contribution in [0, 0.1) is 17.1 Å². The molecule has 1 saturated carbocycles. The topological polar surface area (TPSA) is 70.0 Å². The second kappa shape index (κ2) is 10.3. The van der Waals surface area contributed by atoms with Gasteiger partial charge in [-0.15, -0.1) is 0 Å². The minimum Gasteiger partial charge on any atom is -0.392 e. The number of halogens is 1. The van der Waals surface area contributed by atoms with E-state index in [2.05, 4.69) is 0 Å². The van der Waals surface area contributed by atoms with Gasteiger partial charge in [0.1, 0.15) is 5.82 Å². The Morgan fingerprint density at radius 3 is 2.33 bits per heavy atom. The van der Waals surface area contributed by atoms with Crippen LogP contribution in [0.2, 0.25) is 0 Å². The Hall–Kier alpha value is -1.44. The number of nitrogens with two attached hydrogens (primary N) is 1. The molecule has 118 valence electrons. The highest BCUT2D eigenvalue weighted by molar-refractivity contribution is 5.35. The van der Waals surface area contributed by atoms with Crippen molar-refractivity contribution in [1.29, 1.82) is 5.26 Å². The first-order valence-electron chi connectivity index (χ1n) is 7.74. The van der Waals surface area contributed by atoms with E-state index in [4.69, 9.17) is 11.0 Å². The summed E-state index contributed by atoms with van der Waals surface area (Å²) in [5.74, 6) is -0.255. The van der Waals surface area contributed by atoms with Gasteiger partial charge in [0.25, 0.3) is 0 Å².